The average Bonchev–Trinajstić information content (AvgIpc) is 2.62. The molecule has 2 aromatic rings. The summed E-state index contributed by atoms with van der Waals surface area (Å²) in [6.45, 7) is 1.86. The summed E-state index contributed by atoms with van der Waals surface area (Å²) in [6, 6.07) is 0.980. The lowest BCUT2D eigenvalue weighted by molar-refractivity contribution is -0.138. The molecule has 2 rings (SSSR count). The molecule has 0 radical (unpaired) electrons. The number of carboxylic acids is 1. The predicted octanol–water partition coefficient (Wildman–Crippen LogP) is 2.75. The molecule has 1 heterocycles. The fraction of sp³-hybridized carbons (Fsp3) is 0.308. The Labute approximate surface area is 120 Å². The third kappa shape index (κ3) is 2.43. The van der Waals surface area contributed by atoms with Gasteiger partial charge < -0.3 is 15.4 Å². The molecule has 0 aliphatic rings. The Morgan fingerprint density at radius 2 is 2.11 bits per heavy atom. The van der Waals surface area contributed by atoms with Gasteiger partial charge in [-0.15, -0.1) is 0 Å². The highest BCUT2D eigenvalue weighted by molar-refractivity contribution is 6.45. The number of aliphatic carboxylic acids is 1. The monoisotopic (exact) mass is 300 g/mol. The highest BCUT2D eigenvalue weighted by Crippen LogP contribution is 2.36. The fourth-order valence-electron chi connectivity index (χ4n) is 2.19. The quantitative estimate of drug-likeness (QED) is 0.916. The first-order chi connectivity index (χ1) is 8.82. The van der Waals surface area contributed by atoms with E-state index in [1.54, 1.807) is 0 Å². The molecule has 0 bridgehead atoms. The van der Waals surface area contributed by atoms with Crippen LogP contribution in [0, 0.1) is 6.92 Å². The van der Waals surface area contributed by atoms with Gasteiger partial charge in [-0.3, -0.25) is 4.79 Å². The maximum absolute atomic E-state index is 10.9. The highest BCUT2D eigenvalue weighted by atomic mass is 35.5. The second kappa shape index (κ2) is 5.04. The van der Waals surface area contributed by atoms with Gasteiger partial charge in [0.2, 0.25) is 0 Å². The van der Waals surface area contributed by atoms with Crippen LogP contribution in [0.5, 0.6) is 0 Å². The van der Waals surface area contributed by atoms with Crippen molar-refractivity contribution >= 4 is 40.1 Å². The third-order valence-corrected chi connectivity index (χ3v) is 4.12. The second-order valence-corrected chi connectivity index (χ2v) is 5.39. The molecule has 3 N–H and O–H groups in total. The molecule has 0 spiro atoms. The van der Waals surface area contributed by atoms with Gasteiger partial charge in [0.15, 0.2) is 0 Å². The summed E-state index contributed by atoms with van der Waals surface area (Å²) in [5.74, 6) is -1.02. The molecule has 1 unspecified atom stereocenters. The van der Waals surface area contributed by atoms with Crippen LogP contribution in [0.4, 0.5) is 0 Å². The number of nitrogens with two attached hydrogens (primary N) is 1. The summed E-state index contributed by atoms with van der Waals surface area (Å²) in [6.07, 6.45) is 2.10. The standard InChI is InChI=1S/C13H14Cl2N2O2/c1-6-3-8-7(4-9(16)13(18)19)5-17(2)12(8)11(15)10(6)14/h3,5,9H,4,16H2,1-2H3,(H,18,19). The first-order valence-electron chi connectivity index (χ1n) is 5.73. The predicted molar refractivity (Wildman–Crippen MR) is 77.0 cm³/mol. The average molecular weight is 301 g/mol. The largest absolute Gasteiger partial charge is 0.480 e. The van der Waals surface area contributed by atoms with Crippen molar-refractivity contribution in [1.82, 2.24) is 4.57 Å². The topological polar surface area (TPSA) is 68.2 Å². The number of hydrogen-bond donors (Lipinski definition) is 2. The summed E-state index contributed by atoms with van der Waals surface area (Å²) < 4.78 is 1.84. The zero-order valence-electron chi connectivity index (χ0n) is 10.6. The Balaban J connectivity index is 2.62. The van der Waals surface area contributed by atoms with Crippen molar-refractivity contribution in [2.45, 2.75) is 19.4 Å². The van der Waals surface area contributed by atoms with Crippen molar-refractivity contribution in [3.8, 4) is 0 Å². The molecule has 1 aromatic heterocycles. The number of halogens is 2. The van der Waals surface area contributed by atoms with Crippen LogP contribution in [-0.4, -0.2) is 21.7 Å². The molecule has 4 nitrogen and oxygen atoms in total. The smallest absolute Gasteiger partial charge is 0.320 e. The lowest BCUT2D eigenvalue weighted by Crippen LogP contribution is -2.32. The van der Waals surface area contributed by atoms with E-state index in [1.165, 1.54) is 0 Å². The number of fused-ring (bicyclic) bond motifs is 1. The number of carbonyl (C=O) groups is 1. The van der Waals surface area contributed by atoms with E-state index in [-0.39, 0.29) is 6.42 Å². The second-order valence-electron chi connectivity index (χ2n) is 4.63. The summed E-state index contributed by atoms with van der Waals surface area (Å²) in [7, 11) is 1.84. The van der Waals surface area contributed by atoms with E-state index in [0.29, 0.717) is 10.0 Å². The number of rotatable bonds is 3. The molecule has 0 saturated heterocycles. The third-order valence-electron chi connectivity index (χ3n) is 3.17. The Hall–Kier alpha value is -1.23. The Kier molecular flexibility index (Phi) is 3.76. The van der Waals surface area contributed by atoms with Gasteiger partial charge in [-0.2, -0.15) is 0 Å². The molecule has 0 saturated carbocycles. The number of aromatic nitrogens is 1. The fourth-order valence-corrected chi connectivity index (χ4v) is 2.72. The van der Waals surface area contributed by atoms with Crippen molar-refractivity contribution < 1.29 is 9.90 Å². The number of aryl methyl sites for hydroxylation is 2. The molecule has 0 fully saturated rings. The minimum atomic E-state index is -1.02. The van der Waals surface area contributed by atoms with E-state index in [9.17, 15) is 4.79 Å². The van der Waals surface area contributed by atoms with Crippen molar-refractivity contribution in [2.75, 3.05) is 0 Å². The molecule has 19 heavy (non-hydrogen) atoms. The zero-order chi connectivity index (χ0) is 14.3. The van der Waals surface area contributed by atoms with E-state index in [4.69, 9.17) is 34.0 Å². The molecular weight excluding hydrogens is 287 g/mol. The van der Waals surface area contributed by atoms with Crippen LogP contribution in [0.3, 0.4) is 0 Å². The van der Waals surface area contributed by atoms with Gasteiger partial charge in [0.05, 0.1) is 15.6 Å². The van der Waals surface area contributed by atoms with Gasteiger partial charge in [-0.05, 0) is 24.1 Å². The van der Waals surface area contributed by atoms with Crippen molar-refractivity contribution in [1.29, 1.82) is 0 Å². The highest BCUT2D eigenvalue weighted by Gasteiger charge is 2.18. The Morgan fingerprint density at radius 1 is 1.47 bits per heavy atom. The number of nitrogens with zero attached hydrogens (tertiary/aromatic N) is 1. The number of hydrogen-bond acceptors (Lipinski definition) is 2. The van der Waals surface area contributed by atoms with Crippen molar-refractivity contribution in [2.24, 2.45) is 12.8 Å². The van der Waals surface area contributed by atoms with E-state index in [1.807, 2.05) is 30.8 Å². The van der Waals surface area contributed by atoms with E-state index in [2.05, 4.69) is 0 Å². The van der Waals surface area contributed by atoms with Gasteiger partial charge in [-0.1, -0.05) is 23.2 Å². The molecule has 1 aromatic carbocycles. The van der Waals surface area contributed by atoms with Crippen LogP contribution in [-0.2, 0) is 18.3 Å². The maximum atomic E-state index is 10.9. The van der Waals surface area contributed by atoms with Crippen LogP contribution in [0.1, 0.15) is 11.1 Å². The van der Waals surface area contributed by atoms with Crippen LogP contribution in [0.25, 0.3) is 10.9 Å². The lowest BCUT2D eigenvalue weighted by Gasteiger charge is -2.07. The van der Waals surface area contributed by atoms with Gasteiger partial charge in [0, 0.05) is 25.1 Å². The normalized spacial score (nSPS) is 12.9. The van der Waals surface area contributed by atoms with E-state index in [0.717, 1.165) is 22.0 Å². The molecular formula is C13H14Cl2N2O2. The van der Waals surface area contributed by atoms with Gasteiger partial charge >= 0.3 is 5.97 Å². The molecule has 1 atom stereocenters. The van der Waals surface area contributed by atoms with E-state index >= 15 is 0 Å². The van der Waals surface area contributed by atoms with Gasteiger partial charge in [0.25, 0.3) is 0 Å². The molecule has 6 heteroatoms. The first kappa shape index (κ1) is 14.2. The van der Waals surface area contributed by atoms with Gasteiger partial charge in [0.1, 0.15) is 6.04 Å². The van der Waals surface area contributed by atoms with Crippen LogP contribution >= 0.6 is 23.2 Å². The number of benzene rings is 1. The zero-order valence-corrected chi connectivity index (χ0v) is 12.1. The minimum absolute atomic E-state index is 0.254. The summed E-state index contributed by atoms with van der Waals surface area (Å²) >= 11 is 12.4. The maximum Gasteiger partial charge on any atom is 0.320 e. The molecule has 0 amide bonds. The SMILES string of the molecule is Cc1cc2c(CC(N)C(=O)O)cn(C)c2c(Cl)c1Cl. The van der Waals surface area contributed by atoms with Crippen LogP contribution in [0.15, 0.2) is 12.3 Å². The Bertz CT molecular complexity index is 664. The lowest BCUT2D eigenvalue weighted by atomic mass is 10.0. The van der Waals surface area contributed by atoms with Crippen LogP contribution in [0.2, 0.25) is 10.0 Å². The van der Waals surface area contributed by atoms with Crippen molar-refractivity contribution in [3.05, 3.63) is 33.4 Å². The summed E-state index contributed by atoms with van der Waals surface area (Å²) in [5, 5.41) is 10.8. The summed E-state index contributed by atoms with van der Waals surface area (Å²) in [4.78, 5) is 10.9. The van der Waals surface area contributed by atoms with Crippen molar-refractivity contribution in [3.63, 3.8) is 0 Å². The summed E-state index contributed by atoms with van der Waals surface area (Å²) in [5.41, 5.74) is 8.10. The first-order valence-corrected chi connectivity index (χ1v) is 6.49. The Morgan fingerprint density at radius 3 is 2.68 bits per heavy atom. The minimum Gasteiger partial charge on any atom is -0.480 e. The van der Waals surface area contributed by atoms with Gasteiger partial charge in [-0.25, -0.2) is 0 Å². The molecule has 0 aliphatic heterocycles. The molecule has 0 aliphatic carbocycles. The molecule has 102 valence electrons. The van der Waals surface area contributed by atoms with Crippen LogP contribution < -0.4 is 5.73 Å². The van der Waals surface area contributed by atoms with E-state index < -0.39 is 12.0 Å². The number of carboxylic acid groups (broad SMARTS) is 1.